The van der Waals surface area contributed by atoms with Crippen LogP contribution in [-0.4, -0.2) is 15.6 Å². The lowest BCUT2D eigenvalue weighted by Gasteiger charge is -2.23. The summed E-state index contributed by atoms with van der Waals surface area (Å²) in [5.41, 5.74) is 2.64. The number of hydroxylamine groups is 2. The van der Waals surface area contributed by atoms with Crippen molar-refractivity contribution in [2.45, 2.75) is 25.1 Å². The fraction of sp³-hybridized carbons (Fsp3) is 0.294. The highest BCUT2D eigenvalue weighted by atomic mass is 127. The van der Waals surface area contributed by atoms with Crippen LogP contribution in [0.15, 0.2) is 60.7 Å². The van der Waals surface area contributed by atoms with Gasteiger partial charge in [0.05, 0.1) is 12.1 Å². The fourth-order valence-electron chi connectivity index (χ4n) is 2.65. The van der Waals surface area contributed by atoms with E-state index in [0.29, 0.717) is 12.1 Å². The second kappa shape index (κ2) is 6.70. The van der Waals surface area contributed by atoms with E-state index in [1.165, 1.54) is 11.1 Å². The standard InChI is InChI=1S/C17H18INO/c18-12-16-11-17(15-9-5-2-6-10-15)19(20-16)13-14-7-3-1-4-8-14/h1-10,16-17H,11-13H2/t16-,17-/m1/s1. The quantitative estimate of drug-likeness (QED) is 0.578. The van der Waals surface area contributed by atoms with Gasteiger partial charge in [-0.2, -0.15) is 5.06 Å². The molecule has 3 rings (SSSR count). The van der Waals surface area contributed by atoms with Crippen molar-refractivity contribution in [3.63, 3.8) is 0 Å². The molecule has 0 unspecified atom stereocenters. The van der Waals surface area contributed by atoms with Crippen molar-refractivity contribution in [3.05, 3.63) is 71.8 Å². The third kappa shape index (κ3) is 3.22. The predicted molar refractivity (Wildman–Crippen MR) is 89.5 cm³/mol. The molecule has 0 N–H and O–H groups in total. The van der Waals surface area contributed by atoms with Crippen LogP contribution < -0.4 is 0 Å². The van der Waals surface area contributed by atoms with Crippen molar-refractivity contribution < 1.29 is 4.84 Å². The van der Waals surface area contributed by atoms with Gasteiger partial charge >= 0.3 is 0 Å². The van der Waals surface area contributed by atoms with Crippen LogP contribution in [0.4, 0.5) is 0 Å². The highest BCUT2D eigenvalue weighted by Gasteiger charge is 2.33. The van der Waals surface area contributed by atoms with Crippen LogP contribution in [0.25, 0.3) is 0 Å². The molecule has 0 saturated carbocycles. The molecular weight excluding hydrogens is 361 g/mol. The van der Waals surface area contributed by atoms with Crippen LogP contribution in [0, 0.1) is 0 Å². The molecule has 0 radical (unpaired) electrons. The number of rotatable bonds is 4. The number of benzene rings is 2. The van der Waals surface area contributed by atoms with E-state index in [-0.39, 0.29) is 0 Å². The average Bonchev–Trinajstić information content (AvgIpc) is 2.92. The minimum atomic E-state index is 0.324. The smallest absolute Gasteiger partial charge is 0.0901 e. The number of hydrogen-bond donors (Lipinski definition) is 0. The predicted octanol–water partition coefficient (Wildman–Crippen LogP) is 4.37. The largest absolute Gasteiger partial charge is 0.294 e. The minimum absolute atomic E-state index is 0.324. The minimum Gasteiger partial charge on any atom is -0.294 e. The second-order valence-corrected chi connectivity index (χ2v) is 5.99. The van der Waals surface area contributed by atoms with Gasteiger partial charge in [-0.15, -0.1) is 0 Å². The van der Waals surface area contributed by atoms with Crippen LogP contribution in [0.3, 0.4) is 0 Å². The summed E-state index contributed by atoms with van der Waals surface area (Å²) in [5, 5.41) is 2.15. The van der Waals surface area contributed by atoms with Crippen molar-refractivity contribution in [2.75, 3.05) is 4.43 Å². The Morgan fingerprint density at radius 3 is 2.30 bits per heavy atom. The average molecular weight is 379 g/mol. The summed E-state index contributed by atoms with van der Waals surface area (Å²) in [7, 11) is 0. The zero-order chi connectivity index (χ0) is 13.8. The topological polar surface area (TPSA) is 12.5 Å². The molecule has 1 heterocycles. The van der Waals surface area contributed by atoms with Crippen LogP contribution in [0.1, 0.15) is 23.6 Å². The first-order valence-electron chi connectivity index (χ1n) is 6.95. The van der Waals surface area contributed by atoms with Crippen molar-refractivity contribution in [3.8, 4) is 0 Å². The molecule has 1 fully saturated rings. The van der Waals surface area contributed by atoms with Crippen molar-refractivity contribution in [1.82, 2.24) is 5.06 Å². The summed E-state index contributed by atoms with van der Waals surface area (Å²) in [6.45, 7) is 0.841. The number of nitrogens with zero attached hydrogens (tertiary/aromatic N) is 1. The lowest BCUT2D eigenvalue weighted by Crippen LogP contribution is -2.22. The van der Waals surface area contributed by atoms with Gasteiger partial charge in [-0.1, -0.05) is 83.3 Å². The Morgan fingerprint density at radius 2 is 1.65 bits per heavy atom. The van der Waals surface area contributed by atoms with Crippen LogP contribution >= 0.6 is 22.6 Å². The van der Waals surface area contributed by atoms with E-state index < -0.39 is 0 Å². The number of hydrogen-bond acceptors (Lipinski definition) is 2. The maximum atomic E-state index is 6.11. The van der Waals surface area contributed by atoms with Gasteiger partial charge in [-0.05, 0) is 17.5 Å². The van der Waals surface area contributed by atoms with E-state index in [1.54, 1.807) is 0 Å². The second-order valence-electron chi connectivity index (χ2n) is 5.10. The maximum Gasteiger partial charge on any atom is 0.0901 e. The first-order chi connectivity index (χ1) is 9.86. The van der Waals surface area contributed by atoms with Gasteiger partial charge in [-0.25, -0.2) is 0 Å². The highest BCUT2D eigenvalue weighted by molar-refractivity contribution is 14.1. The summed E-state index contributed by atoms with van der Waals surface area (Å²) in [5.74, 6) is 0. The summed E-state index contributed by atoms with van der Waals surface area (Å²) in [4.78, 5) is 6.11. The van der Waals surface area contributed by atoms with Gasteiger partial charge in [0.15, 0.2) is 0 Å². The normalized spacial score (nSPS) is 23.1. The van der Waals surface area contributed by atoms with E-state index in [0.717, 1.165) is 17.4 Å². The lowest BCUT2D eigenvalue weighted by molar-refractivity contribution is -0.164. The van der Waals surface area contributed by atoms with Gasteiger partial charge in [0.25, 0.3) is 0 Å². The molecule has 2 nitrogen and oxygen atoms in total. The van der Waals surface area contributed by atoms with Crippen molar-refractivity contribution in [1.29, 1.82) is 0 Å². The molecule has 2 atom stereocenters. The molecule has 2 aromatic rings. The molecular formula is C17H18INO. The van der Waals surface area contributed by atoms with E-state index in [2.05, 4.69) is 88.3 Å². The first-order valence-corrected chi connectivity index (χ1v) is 8.47. The monoisotopic (exact) mass is 379 g/mol. The van der Waals surface area contributed by atoms with E-state index in [9.17, 15) is 0 Å². The molecule has 1 aliphatic rings. The molecule has 2 aromatic carbocycles. The van der Waals surface area contributed by atoms with Gasteiger partial charge in [0.2, 0.25) is 0 Å². The number of alkyl halides is 1. The Labute approximate surface area is 133 Å². The van der Waals surface area contributed by atoms with Crippen LogP contribution in [0.2, 0.25) is 0 Å². The molecule has 0 bridgehead atoms. The van der Waals surface area contributed by atoms with Gasteiger partial charge in [0, 0.05) is 11.0 Å². The molecule has 0 amide bonds. The molecule has 104 valence electrons. The van der Waals surface area contributed by atoms with Gasteiger partial charge in [0.1, 0.15) is 0 Å². The molecule has 1 aliphatic heterocycles. The fourth-order valence-corrected chi connectivity index (χ4v) is 3.17. The molecule has 0 aliphatic carbocycles. The Kier molecular flexibility index (Phi) is 4.70. The molecule has 0 spiro atoms. The third-order valence-corrected chi connectivity index (χ3v) is 4.64. The van der Waals surface area contributed by atoms with Gasteiger partial charge in [-0.3, -0.25) is 4.84 Å². The van der Waals surface area contributed by atoms with Gasteiger partial charge < -0.3 is 0 Å². The van der Waals surface area contributed by atoms with Crippen molar-refractivity contribution in [2.24, 2.45) is 0 Å². The summed E-state index contributed by atoms with van der Waals surface area (Å²) in [6.07, 6.45) is 1.39. The van der Waals surface area contributed by atoms with Crippen molar-refractivity contribution >= 4 is 22.6 Å². The lowest BCUT2D eigenvalue weighted by atomic mass is 10.0. The zero-order valence-corrected chi connectivity index (χ0v) is 13.4. The highest BCUT2D eigenvalue weighted by Crippen LogP contribution is 2.35. The number of halogens is 1. The maximum absolute atomic E-state index is 6.11. The van der Waals surface area contributed by atoms with E-state index >= 15 is 0 Å². The summed E-state index contributed by atoms with van der Waals surface area (Å²) >= 11 is 2.41. The van der Waals surface area contributed by atoms with Crippen LogP contribution in [0.5, 0.6) is 0 Å². The van der Waals surface area contributed by atoms with E-state index in [1.807, 2.05) is 0 Å². The Hall–Kier alpha value is -0.910. The molecule has 0 aromatic heterocycles. The Morgan fingerprint density at radius 1 is 1.00 bits per heavy atom. The SMILES string of the molecule is IC[C@H]1C[C@H](c2ccccc2)N(Cc2ccccc2)O1. The Bertz CT molecular complexity index is 531. The first kappa shape index (κ1) is 14.0. The third-order valence-electron chi connectivity index (χ3n) is 3.66. The summed E-state index contributed by atoms with van der Waals surface area (Å²) < 4.78 is 1.03. The molecule has 20 heavy (non-hydrogen) atoms. The summed E-state index contributed by atoms with van der Waals surface area (Å²) in [6, 6.07) is 21.6. The molecule has 3 heteroatoms. The van der Waals surface area contributed by atoms with E-state index in [4.69, 9.17) is 4.84 Å². The Balaban J connectivity index is 1.80. The van der Waals surface area contributed by atoms with Crippen LogP contribution in [-0.2, 0) is 11.4 Å². The zero-order valence-electron chi connectivity index (χ0n) is 11.3. The molecule has 1 saturated heterocycles.